The largest absolute Gasteiger partial charge is 0.481 e. The van der Waals surface area contributed by atoms with Crippen LogP contribution in [0.15, 0.2) is 0 Å². The average Bonchev–Trinajstić information content (AvgIpc) is 2.86. The van der Waals surface area contributed by atoms with E-state index in [1.807, 2.05) is 0 Å². The highest BCUT2D eigenvalue weighted by atomic mass is 16.6. The second-order valence-corrected chi connectivity index (χ2v) is 7.33. The summed E-state index contributed by atoms with van der Waals surface area (Å²) >= 11 is 0. The predicted molar refractivity (Wildman–Crippen MR) is 124 cm³/mol. The first-order chi connectivity index (χ1) is 17.8. The zero-order valence-corrected chi connectivity index (χ0v) is 21.0. The molecule has 0 heterocycles. The first-order valence-electron chi connectivity index (χ1n) is 12.0. The number of carboxylic acid groups (broad SMARTS) is 2. The van der Waals surface area contributed by atoms with E-state index < -0.39 is 30.1 Å². The van der Waals surface area contributed by atoms with Gasteiger partial charge in [-0.25, -0.2) is 4.79 Å². The smallest absolute Gasteiger partial charge is 0.372 e. The number of unbranched alkanes of at least 4 members (excludes halogenated alkanes) is 1. The molecule has 0 radical (unpaired) electrons. The molecule has 0 aromatic carbocycles. The number of aliphatic carboxylic acids is 2. The lowest BCUT2D eigenvalue weighted by Gasteiger charge is -2.08. The number of esters is 2. The first kappa shape index (κ1) is 34.4. The van der Waals surface area contributed by atoms with Crippen molar-refractivity contribution in [2.75, 3.05) is 79.3 Å². The minimum absolute atomic E-state index is 0.000715. The Kier molecular flexibility index (Phi) is 23.2. The molecule has 0 atom stereocenters. The fraction of sp³-hybridized carbons (Fsp3) is 0.783. The molecule has 0 bridgehead atoms. The van der Waals surface area contributed by atoms with Crippen LogP contribution in [0, 0.1) is 0 Å². The van der Waals surface area contributed by atoms with E-state index in [-0.39, 0.29) is 51.7 Å². The lowest BCUT2D eigenvalue weighted by atomic mass is 10.2. The summed E-state index contributed by atoms with van der Waals surface area (Å²) in [5.74, 6) is -4.52. The van der Waals surface area contributed by atoms with Crippen molar-refractivity contribution in [3.63, 3.8) is 0 Å². The van der Waals surface area contributed by atoms with Gasteiger partial charge in [-0.15, -0.1) is 0 Å². The molecule has 0 aliphatic carbocycles. The van der Waals surface area contributed by atoms with Gasteiger partial charge in [-0.1, -0.05) is 0 Å². The normalized spacial score (nSPS) is 10.7. The van der Waals surface area contributed by atoms with Crippen LogP contribution in [-0.4, -0.2) is 119 Å². The monoisotopic (exact) mass is 538 g/mol. The number of carboxylic acids is 2. The minimum atomic E-state index is -1.57. The van der Waals surface area contributed by atoms with Gasteiger partial charge in [0.25, 0.3) is 0 Å². The number of ether oxygens (including phenoxy) is 7. The molecule has 0 aromatic heterocycles. The molecule has 214 valence electrons. The Morgan fingerprint density at radius 2 is 0.784 bits per heavy atom. The number of ketones is 1. The maximum absolute atomic E-state index is 11.4. The van der Waals surface area contributed by atoms with Gasteiger partial charge in [0.15, 0.2) is 0 Å². The van der Waals surface area contributed by atoms with Crippen LogP contribution in [0.3, 0.4) is 0 Å². The van der Waals surface area contributed by atoms with E-state index in [4.69, 9.17) is 43.4 Å². The third-order valence-electron chi connectivity index (χ3n) is 4.29. The van der Waals surface area contributed by atoms with Crippen LogP contribution < -0.4 is 0 Å². The summed E-state index contributed by atoms with van der Waals surface area (Å²) in [6.07, 6.45) is 0.482. The van der Waals surface area contributed by atoms with Crippen molar-refractivity contribution in [1.29, 1.82) is 0 Å². The Morgan fingerprint density at radius 3 is 1.16 bits per heavy atom. The lowest BCUT2D eigenvalue weighted by Crippen LogP contribution is -2.17. The van der Waals surface area contributed by atoms with Gasteiger partial charge in [0.05, 0.1) is 72.5 Å². The zero-order chi connectivity index (χ0) is 27.6. The van der Waals surface area contributed by atoms with Crippen LogP contribution in [0.1, 0.15) is 38.5 Å². The van der Waals surface area contributed by atoms with Crippen LogP contribution in [-0.2, 0) is 57.1 Å². The molecule has 0 fully saturated rings. The van der Waals surface area contributed by atoms with E-state index in [1.165, 1.54) is 0 Å². The van der Waals surface area contributed by atoms with Crippen molar-refractivity contribution in [3.05, 3.63) is 0 Å². The summed E-state index contributed by atoms with van der Waals surface area (Å²) in [5, 5.41) is 16.9. The van der Waals surface area contributed by atoms with Crippen molar-refractivity contribution in [2.45, 2.75) is 38.5 Å². The van der Waals surface area contributed by atoms with Gasteiger partial charge < -0.3 is 43.4 Å². The number of hydrogen-bond acceptors (Lipinski definition) is 12. The summed E-state index contributed by atoms with van der Waals surface area (Å²) in [5.41, 5.74) is 0. The molecule has 0 aliphatic heterocycles. The van der Waals surface area contributed by atoms with E-state index in [2.05, 4.69) is 0 Å². The standard InChI is InChI=1S/C23H38O14/c24-19(23(29)30)5-6-22(28)37-18-16-35-14-12-33-10-8-31-7-9-32-11-13-34-15-17-36-21(27)4-2-1-3-20(25)26/h1-18H2,(H,25,26)(H,29,30). The quantitative estimate of drug-likeness (QED) is 0.0821. The summed E-state index contributed by atoms with van der Waals surface area (Å²) in [7, 11) is 0. The number of rotatable bonds is 27. The Morgan fingerprint density at radius 1 is 0.432 bits per heavy atom. The number of Topliss-reactive ketones (excluding diaryl/α,β-unsaturated/α-hetero) is 1. The van der Waals surface area contributed by atoms with Crippen molar-refractivity contribution < 1.29 is 67.3 Å². The predicted octanol–water partition coefficient (Wildman–Crippen LogP) is 0.235. The van der Waals surface area contributed by atoms with E-state index in [0.29, 0.717) is 65.7 Å². The van der Waals surface area contributed by atoms with Crippen LogP contribution in [0.25, 0.3) is 0 Å². The number of hydrogen-bond donors (Lipinski definition) is 2. The molecule has 0 aromatic rings. The van der Waals surface area contributed by atoms with Crippen molar-refractivity contribution in [3.8, 4) is 0 Å². The minimum Gasteiger partial charge on any atom is -0.481 e. The molecular weight excluding hydrogens is 500 g/mol. The SMILES string of the molecule is O=C(O)CCCCC(=O)OCCOCCOCCOCCOCCOCCOC(=O)CCC(=O)C(=O)O. The fourth-order valence-electron chi connectivity index (χ4n) is 2.42. The number of carbonyl (C=O) groups is 5. The van der Waals surface area contributed by atoms with Gasteiger partial charge in [-0.3, -0.25) is 19.2 Å². The molecule has 0 saturated carbocycles. The van der Waals surface area contributed by atoms with E-state index >= 15 is 0 Å². The van der Waals surface area contributed by atoms with Gasteiger partial charge in [0.1, 0.15) is 13.2 Å². The van der Waals surface area contributed by atoms with E-state index in [0.717, 1.165) is 0 Å². The maximum Gasteiger partial charge on any atom is 0.372 e. The van der Waals surface area contributed by atoms with E-state index in [1.54, 1.807) is 0 Å². The molecule has 0 amide bonds. The van der Waals surface area contributed by atoms with Crippen molar-refractivity contribution in [2.24, 2.45) is 0 Å². The Hall–Kier alpha value is -2.65. The van der Waals surface area contributed by atoms with Gasteiger partial charge in [0.2, 0.25) is 5.78 Å². The topological polar surface area (TPSA) is 190 Å². The zero-order valence-electron chi connectivity index (χ0n) is 21.0. The first-order valence-corrected chi connectivity index (χ1v) is 12.0. The molecule has 0 rings (SSSR count). The second-order valence-electron chi connectivity index (χ2n) is 7.33. The Balaban J connectivity index is 3.23. The average molecular weight is 539 g/mol. The fourth-order valence-corrected chi connectivity index (χ4v) is 2.42. The summed E-state index contributed by atoms with van der Waals surface area (Å²) in [6, 6.07) is 0. The van der Waals surface area contributed by atoms with Gasteiger partial charge in [0, 0.05) is 19.3 Å². The van der Waals surface area contributed by atoms with E-state index in [9.17, 15) is 24.0 Å². The molecule has 0 spiro atoms. The van der Waals surface area contributed by atoms with Crippen molar-refractivity contribution >= 4 is 29.7 Å². The molecule has 2 N–H and O–H groups in total. The maximum atomic E-state index is 11.4. The molecule has 37 heavy (non-hydrogen) atoms. The highest BCUT2D eigenvalue weighted by molar-refractivity contribution is 6.32. The highest BCUT2D eigenvalue weighted by Gasteiger charge is 2.14. The summed E-state index contributed by atoms with van der Waals surface area (Å²) < 4.78 is 36.3. The number of carbonyl (C=O) groups excluding carboxylic acids is 3. The third kappa shape index (κ3) is 26.2. The summed E-state index contributed by atoms with van der Waals surface area (Å²) in [6.45, 7) is 3.43. The lowest BCUT2D eigenvalue weighted by molar-refractivity contribution is -0.151. The summed E-state index contributed by atoms with van der Waals surface area (Å²) in [4.78, 5) is 54.3. The molecule has 14 heteroatoms. The van der Waals surface area contributed by atoms with Crippen LogP contribution in [0.4, 0.5) is 0 Å². The molecular formula is C23H38O14. The highest BCUT2D eigenvalue weighted by Crippen LogP contribution is 2.01. The Labute approximate surface area is 215 Å². The van der Waals surface area contributed by atoms with Crippen molar-refractivity contribution in [1.82, 2.24) is 0 Å². The third-order valence-corrected chi connectivity index (χ3v) is 4.29. The molecule has 0 aliphatic rings. The van der Waals surface area contributed by atoms with Gasteiger partial charge in [-0.2, -0.15) is 0 Å². The van der Waals surface area contributed by atoms with Crippen LogP contribution >= 0.6 is 0 Å². The van der Waals surface area contributed by atoms with Gasteiger partial charge in [-0.05, 0) is 12.8 Å². The van der Waals surface area contributed by atoms with Crippen LogP contribution in [0.2, 0.25) is 0 Å². The molecule has 0 unspecified atom stereocenters. The van der Waals surface area contributed by atoms with Crippen LogP contribution in [0.5, 0.6) is 0 Å². The van der Waals surface area contributed by atoms with Gasteiger partial charge >= 0.3 is 23.9 Å². The molecule has 14 nitrogen and oxygen atoms in total. The second kappa shape index (κ2) is 25.0. The molecule has 0 saturated heterocycles. The Bertz CT molecular complexity index is 651.